The molecule has 3 nitrogen and oxygen atoms in total. The van der Waals surface area contributed by atoms with Crippen LogP contribution in [0, 0.1) is 6.92 Å². The average Bonchev–Trinajstić information content (AvgIpc) is 1.99. The second kappa shape index (κ2) is 4.34. The summed E-state index contributed by atoms with van der Waals surface area (Å²) in [6, 6.07) is 3.88. The van der Waals surface area contributed by atoms with Crippen molar-refractivity contribution < 1.29 is 4.74 Å². The summed E-state index contributed by atoms with van der Waals surface area (Å²) in [6.07, 6.45) is 1.75. The van der Waals surface area contributed by atoms with E-state index in [9.17, 15) is 0 Å². The molecule has 0 spiro atoms. The minimum absolute atomic E-state index is 0.242. The van der Waals surface area contributed by atoms with E-state index in [1.54, 1.807) is 6.20 Å². The molecule has 0 unspecified atom stereocenters. The Morgan fingerprint density at radius 2 is 2.13 bits per heavy atom. The molecule has 0 aromatic carbocycles. The van der Waals surface area contributed by atoms with E-state index in [1.807, 2.05) is 39.8 Å². The van der Waals surface area contributed by atoms with Gasteiger partial charge in [0.25, 0.3) is 0 Å². The van der Waals surface area contributed by atoms with Crippen LogP contribution < -0.4 is 5.32 Å². The van der Waals surface area contributed by atoms with Gasteiger partial charge in [0.2, 0.25) is 0 Å². The molecule has 1 heterocycles. The first-order chi connectivity index (χ1) is 6.87. The Kier molecular flexibility index (Phi) is 3.35. The number of ether oxygens (including phenoxy) is 1. The van der Waals surface area contributed by atoms with Crippen LogP contribution >= 0.6 is 0 Å². The van der Waals surface area contributed by atoms with Crippen LogP contribution in [0.4, 0.5) is 5.82 Å². The van der Waals surface area contributed by atoms with E-state index in [0.717, 1.165) is 11.4 Å². The number of anilines is 1. The second-order valence-corrected chi connectivity index (χ2v) is 4.48. The zero-order valence-corrected chi connectivity index (χ0v) is 9.79. The summed E-state index contributed by atoms with van der Waals surface area (Å²) in [5.74, 6) is 1.27. The molecule has 0 aliphatic rings. The van der Waals surface area contributed by atoms with Crippen molar-refractivity contribution >= 4 is 5.82 Å². The summed E-state index contributed by atoms with van der Waals surface area (Å²) in [6.45, 7) is 11.7. The lowest BCUT2D eigenvalue weighted by atomic mass is 10.2. The maximum atomic E-state index is 5.54. The van der Waals surface area contributed by atoms with Gasteiger partial charge in [0.15, 0.2) is 5.88 Å². The molecule has 0 atom stereocenters. The summed E-state index contributed by atoms with van der Waals surface area (Å²) in [7, 11) is 0. The summed E-state index contributed by atoms with van der Waals surface area (Å²) in [4.78, 5) is 4.16. The lowest BCUT2D eigenvalue weighted by Crippen LogP contribution is -2.21. The molecule has 0 saturated carbocycles. The predicted octanol–water partition coefficient (Wildman–Crippen LogP) is 3.09. The van der Waals surface area contributed by atoms with Gasteiger partial charge in [-0.15, -0.1) is 0 Å². The highest BCUT2D eigenvalue weighted by atomic mass is 16.5. The molecule has 0 saturated heterocycles. The Balaban J connectivity index is 2.59. The van der Waals surface area contributed by atoms with Crippen molar-refractivity contribution in [2.24, 2.45) is 0 Å². The molecular weight excluding hydrogens is 188 g/mol. The van der Waals surface area contributed by atoms with Crippen molar-refractivity contribution in [3.8, 4) is 0 Å². The summed E-state index contributed by atoms with van der Waals surface area (Å²) < 4.78 is 5.54. The van der Waals surface area contributed by atoms with Gasteiger partial charge in [0.1, 0.15) is 11.4 Å². The lowest BCUT2D eigenvalue weighted by molar-refractivity contribution is 0.0564. The first kappa shape index (κ1) is 11.6. The number of aryl methyl sites for hydroxylation is 1. The van der Waals surface area contributed by atoms with Crippen molar-refractivity contribution in [1.82, 2.24) is 4.98 Å². The van der Waals surface area contributed by atoms with Gasteiger partial charge in [-0.05, 0) is 52.0 Å². The number of aromatic nitrogens is 1. The van der Waals surface area contributed by atoms with Crippen molar-refractivity contribution in [2.45, 2.75) is 33.3 Å². The summed E-state index contributed by atoms with van der Waals surface area (Å²) in [5.41, 5.74) is 0.907. The average molecular weight is 206 g/mol. The van der Waals surface area contributed by atoms with Gasteiger partial charge in [-0.2, -0.15) is 0 Å². The summed E-state index contributed by atoms with van der Waals surface area (Å²) in [5, 5.41) is 3.01. The van der Waals surface area contributed by atoms with Crippen molar-refractivity contribution in [2.75, 3.05) is 5.32 Å². The van der Waals surface area contributed by atoms with Crippen molar-refractivity contribution in [3.05, 3.63) is 36.4 Å². The first-order valence-corrected chi connectivity index (χ1v) is 4.94. The molecular formula is C12H18N2O. The third-order valence-electron chi connectivity index (χ3n) is 1.61. The van der Waals surface area contributed by atoms with E-state index in [0.29, 0.717) is 5.88 Å². The van der Waals surface area contributed by atoms with Crippen LogP contribution in [0.5, 0.6) is 0 Å². The van der Waals surface area contributed by atoms with Crippen LogP contribution in [0.15, 0.2) is 30.8 Å². The van der Waals surface area contributed by atoms with Crippen molar-refractivity contribution in [3.63, 3.8) is 0 Å². The van der Waals surface area contributed by atoms with Gasteiger partial charge in [-0.3, -0.25) is 0 Å². The van der Waals surface area contributed by atoms with Gasteiger partial charge >= 0.3 is 0 Å². The van der Waals surface area contributed by atoms with Crippen LogP contribution in [0.3, 0.4) is 0 Å². The van der Waals surface area contributed by atoms with Crippen LogP contribution in [0.2, 0.25) is 0 Å². The highest BCUT2D eigenvalue weighted by Crippen LogP contribution is 2.14. The fraction of sp³-hybridized carbons (Fsp3) is 0.417. The number of nitrogens with one attached hydrogen (secondary N) is 1. The van der Waals surface area contributed by atoms with Gasteiger partial charge < -0.3 is 10.1 Å². The Bertz CT molecular complexity index is 353. The van der Waals surface area contributed by atoms with Crippen LogP contribution in [-0.4, -0.2) is 10.6 Å². The van der Waals surface area contributed by atoms with Crippen LogP contribution in [-0.2, 0) is 4.74 Å². The molecule has 0 aliphatic carbocycles. The Morgan fingerprint density at radius 3 is 2.67 bits per heavy atom. The van der Waals surface area contributed by atoms with Gasteiger partial charge in [0.05, 0.1) is 0 Å². The molecule has 0 bridgehead atoms. The van der Waals surface area contributed by atoms with E-state index < -0.39 is 0 Å². The molecule has 1 aromatic rings. The molecule has 0 fully saturated rings. The molecule has 15 heavy (non-hydrogen) atoms. The minimum Gasteiger partial charge on any atom is -0.474 e. The van der Waals surface area contributed by atoms with E-state index in [2.05, 4.69) is 16.9 Å². The smallest absolute Gasteiger partial charge is 0.185 e. The molecule has 82 valence electrons. The monoisotopic (exact) mass is 206 g/mol. The molecule has 1 N–H and O–H groups in total. The molecule has 0 amide bonds. The zero-order valence-electron chi connectivity index (χ0n) is 9.79. The molecule has 1 aromatic heterocycles. The fourth-order valence-corrected chi connectivity index (χ4v) is 1.14. The Hall–Kier alpha value is -1.51. The maximum Gasteiger partial charge on any atom is 0.185 e. The van der Waals surface area contributed by atoms with Crippen LogP contribution in [0.25, 0.3) is 0 Å². The van der Waals surface area contributed by atoms with E-state index in [-0.39, 0.29) is 5.60 Å². The standard InChI is InChI=1S/C12H18N2O/c1-9-6-7-13-11(8-9)14-10(2)15-12(3,4)5/h6-8H,2H2,1,3-5H3,(H,13,14). The molecule has 0 aliphatic heterocycles. The molecule has 0 radical (unpaired) electrons. The third kappa shape index (κ3) is 4.49. The number of pyridine rings is 1. The number of nitrogens with zero attached hydrogens (tertiary/aromatic N) is 1. The van der Waals surface area contributed by atoms with Gasteiger partial charge in [0, 0.05) is 6.20 Å². The summed E-state index contributed by atoms with van der Waals surface area (Å²) >= 11 is 0. The first-order valence-electron chi connectivity index (χ1n) is 4.94. The highest BCUT2D eigenvalue weighted by molar-refractivity contribution is 5.40. The van der Waals surface area contributed by atoms with E-state index in [4.69, 9.17) is 4.74 Å². The number of hydrogen-bond acceptors (Lipinski definition) is 3. The molecule has 1 rings (SSSR count). The fourth-order valence-electron chi connectivity index (χ4n) is 1.14. The largest absolute Gasteiger partial charge is 0.474 e. The normalized spacial score (nSPS) is 10.9. The quantitative estimate of drug-likeness (QED) is 0.772. The topological polar surface area (TPSA) is 34.2 Å². The Morgan fingerprint density at radius 1 is 1.47 bits per heavy atom. The maximum absolute atomic E-state index is 5.54. The second-order valence-electron chi connectivity index (χ2n) is 4.48. The van der Waals surface area contributed by atoms with E-state index >= 15 is 0 Å². The van der Waals surface area contributed by atoms with E-state index in [1.165, 1.54) is 0 Å². The van der Waals surface area contributed by atoms with Gasteiger partial charge in [-0.1, -0.05) is 0 Å². The van der Waals surface area contributed by atoms with Gasteiger partial charge in [-0.25, -0.2) is 4.98 Å². The van der Waals surface area contributed by atoms with Crippen LogP contribution in [0.1, 0.15) is 26.3 Å². The number of rotatable bonds is 3. The zero-order chi connectivity index (χ0) is 11.5. The Labute approximate surface area is 91.2 Å². The minimum atomic E-state index is -0.242. The molecule has 3 heteroatoms. The SMILES string of the molecule is C=C(Nc1cc(C)ccn1)OC(C)(C)C. The lowest BCUT2D eigenvalue weighted by Gasteiger charge is -2.23. The van der Waals surface area contributed by atoms with Crippen molar-refractivity contribution in [1.29, 1.82) is 0 Å². The third-order valence-corrected chi connectivity index (χ3v) is 1.61. The highest BCUT2D eigenvalue weighted by Gasteiger charge is 2.12. The predicted molar refractivity (Wildman–Crippen MR) is 62.6 cm³/mol. The number of hydrogen-bond donors (Lipinski definition) is 1.